The van der Waals surface area contributed by atoms with Crippen molar-refractivity contribution in [1.82, 2.24) is 4.98 Å². The number of ketones is 1. The molecule has 0 fully saturated rings. The summed E-state index contributed by atoms with van der Waals surface area (Å²) in [4.78, 5) is 17.4. The topological polar surface area (TPSA) is 90.7 Å². The fraction of sp³-hybridized carbons (Fsp3) is 0.0476. The number of fused-ring (bicyclic) bond motifs is 3. The Morgan fingerprint density at radius 3 is 2.37 bits per heavy atom. The first-order chi connectivity index (χ1) is 13.0. The van der Waals surface area contributed by atoms with E-state index in [9.17, 15) is 20.1 Å². The van der Waals surface area contributed by atoms with E-state index in [1.165, 1.54) is 23.5 Å². The monoisotopic (exact) mass is 375 g/mol. The van der Waals surface area contributed by atoms with Gasteiger partial charge in [-0.25, -0.2) is 4.98 Å². The van der Waals surface area contributed by atoms with Gasteiger partial charge in [-0.15, -0.1) is 11.3 Å². The summed E-state index contributed by atoms with van der Waals surface area (Å²) >= 11 is 1.51. The summed E-state index contributed by atoms with van der Waals surface area (Å²) in [5.74, 6) is -0.966. The third-order valence-corrected chi connectivity index (χ3v) is 5.84. The maximum absolute atomic E-state index is 12.8. The van der Waals surface area contributed by atoms with E-state index in [0.29, 0.717) is 17.5 Å². The van der Waals surface area contributed by atoms with Crippen LogP contribution in [-0.4, -0.2) is 26.1 Å². The van der Waals surface area contributed by atoms with Gasteiger partial charge < -0.3 is 15.3 Å². The van der Waals surface area contributed by atoms with E-state index in [1.54, 1.807) is 0 Å². The number of aromatic nitrogens is 1. The second kappa shape index (κ2) is 5.56. The molecular formula is C21H13NO4S. The van der Waals surface area contributed by atoms with E-state index in [1.807, 2.05) is 30.3 Å². The van der Waals surface area contributed by atoms with Crippen molar-refractivity contribution in [2.75, 3.05) is 0 Å². The molecule has 132 valence electrons. The molecule has 0 unspecified atom stereocenters. The summed E-state index contributed by atoms with van der Waals surface area (Å²) in [7, 11) is 0. The number of aromatic hydroxyl groups is 3. The summed E-state index contributed by atoms with van der Waals surface area (Å²) in [5.41, 5.74) is 3.10. The van der Waals surface area contributed by atoms with E-state index < -0.39 is 5.78 Å². The Kier molecular flexibility index (Phi) is 3.26. The van der Waals surface area contributed by atoms with Gasteiger partial charge in [0, 0.05) is 11.6 Å². The average Bonchev–Trinajstić information content (AvgIpc) is 3.04. The Balaban J connectivity index is 1.68. The van der Waals surface area contributed by atoms with Crippen LogP contribution in [0, 0.1) is 0 Å². The van der Waals surface area contributed by atoms with Crippen LogP contribution in [0.5, 0.6) is 17.2 Å². The lowest BCUT2D eigenvalue weighted by Gasteiger charge is -2.21. The number of phenolic OH excluding ortho intramolecular Hbond substituents is 3. The lowest BCUT2D eigenvalue weighted by molar-refractivity contribution is 0.103. The van der Waals surface area contributed by atoms with Gasteiger partial charge in [0.1, 0.15) is 22.3 Å². The molecule has 0 radical (unpaired) electrons. The number of carbonyl (C=O) groups is 1. The lowest BCUT2D eigenvalue weighted by atomic mass is 9.83. The molecule has 1 aromatic heterocycles. The second-order valence-electron chi connectivity index (χ2n) is 6.52. The first-order valence-corrected chi connectivity index (χ1v) is 9.14. The zero-order valence-electron chi connectivity index (χ0n) is 13.9. The standard InChI is InChI=1S/C21H13NO4S/c23-13-7-11-5-10-6-12(21-22-14-3-1-2-4-17(14)27-21)8-15(24)18(10)20(26)19(11)16(25)9-13/h1-4,6-9,23-25H,5H2. The third kappa shape index (κ3) is 2.38. The van der Waals surface area contributed by atoms with Crippen LogP contribution in [0.25, 0.3) is 20.8 Å². The number of hydrogen-bond acceptors (Lipinski definition) is 6. The minimum absolute atomic E-state index is 0.103. The largest absolute Gasteiger partial charge is 0.508 e. The van der Waals surface area contributed by atoms with E-state index in [2.05, 4.69) is 4.98 Å². The van der Waals surface area contributed by atoms with Gasteiger partial charge in [-0.2, -0.15) is 0 Å². The van der Waals surface area contributed by atoms with Crippen molar-refractivity contribution in [2.24, 2.45) is 0 Å². The highest BCUT2D eigenvalue weighted by Gasteiger charge is 2.30. The number of benzene rings is 3. The Morgan fingerprint density at radius 2 is 1.59 bits per heavy atom. The first-order valence-electron chi connectivity index (χ1n) is 8.32. The van der Waals surface area contributed by atoms with Gasteiger partial charge in [0.2, 0.25) is 5.78 Å². The first kappa shape index (κ1) is 15.8. The molecule has 5 rings (SSSR count). The number of para-hydroxylation sites is 1. The second-order valence-corrected chi connectivity index (χ2v) is 7.55. The predicted octanol–water partition coefficient (Wildman–Crippen LogP) is 4.22. The van der Waals surface area contributed by atoms with E-state index in [4.69, 9.17) is 0 Å². The van der Waals surface area contributed by atoms with Gasteiger partial charge >= 0.3 is 0 Å². The van der Waals surface area contributed by atoms with Crippen LogP contribution < -0.4 is 0 Å². The quantitative estimate of drug-likeness (QED) is 0.408. The van der Waals surface area contributed by atoms with Gasteiger partial charge in [0.05, 0.1) is 21.3 Å². The highest BCUT2D eigenvalue weighted by atomic mass is 32.1. The van der Waals surface area contributed by atoms with Crippen LogP contribution in [0.2, 0.25) is 0 Å². The lowest BCUT2D eigenvalue weighted by Crippen LogP contribution is -2.15. The Hall–Kier alpha value is -3.38. The molecule has 5 nitrogen and oxygen atoms in total. The molecular weight excluding hydrogens is 362 g/mol. The molecule has 0 saturated heterocycles. The van der Waals surface area contributed by atoms with Gasteiger partial charge in [-0.1, -0.05) is 12.1 Å². The number of nitrogens with zero attached hydrogens (tertiary/aromatic N) is 1. The summed E-state index contributed by atoms with van der Waals surface area (Å²) < 4.78 is 1.04. The number of thiazole rings is 1. The van der Waals surface area contributed by atoms with Gasteiger partial charge in [0.15, 0.2) is 0 Å². The van der Waals surface area contributed by atoms with E-state index in [-0.39, 0.29) is 28.4 Å². The number of carbonyl (C=O) groups excluding carboxylic acids is 1. The van der Waals surface area contributed by atoms with Crippen molar-refractivity contribution >= 4 is 27.3 Å². The van der Waals surface area contributed by atoms with Crippen LogP contribution in [0.4, 0.5) is 0 Å². The zero-order chi connectivity index (χ0) is 18.7. The van der Waals surface area contributed by atoms with Crippen LogP contribution >= 0.6 is 11.3 Å². The number of rotatable bonds is 1. The van der Waals surface area contributed by atoms with Gasteiger partial charge in [0.25, 0.3) is 0 Å². The molecule has 1 aliphatic rings. The molecule has 4 aromatic rings. The van der Waals surface area contributed by atoms with E-state index in [0.717, 1.165) is 26.9 Å². The zero-order valence-corrected chi connectivity index (χ0v) is 14.7. The summed E-state index contributed by atoms with van der Waals surface area (Å²) in [6.07, 6.45) is 0.324. The smallest absolute Gasteiger partial charge is 0.201 e. The maximum Gasteiger partial charge on any atom is 0.201 e. The molecule has 0 saturated carbocycles. The molecule has 3 N–H and O–H groups in total. The number of hydrogen-bond donors (Lipinski definition) is 3. The normalized spacial score (nSPS) is 12.8. The Labute approximate surface area is 157 Å². The molecule has 1 aliphatic carbocycles. The fourth-order valence-electron chi connectivity index (χ4n) is 3.61. The summed E-state index contributed by atoms with van der Waals surface area (Å²) in [6.45, 7) is 0. The molecule has 1 heterocycles. The van der Waals surface area contributed by atoms with Crippen molar-refractivity contribution < 1.29 is 20.1 Å². The van der Waals surface area contributed by atoms with Crippen LogP contribution in [-0.2, 0) is 6.42 Å². The predicted molar refractivity (Wildman–Crippen MR) is 103 cm³/mol. The fourth-order valence-corrected chi connectivity index (χ4v) is 4.56. The highest BCUT2D eigenvalue weighted by Crippen LogP contribution is 2.41. The Bertz CT molecular complexity index is 1230. The van der Waals surface area contributed by atoms with E-state index >= 15 is 0 Å². The Morgan fingerprint density at radius 1 is 0.889 bits per heavy atom. The molecule has 0 bridgehead atoms. The van der Waals surface area contributed by atoms with Crippen LogP contribution in [0.3, 0.4) is 0 Å². The minimum atomic E-state index is -0.447. The maximum atomic E-state index is 12.8. The van der Waals surface area contributed by atoms with Crippen molar-refractivity contribution in [3.63, 3.8) is 0 Å². The number of phenols is 3. The molecule has 0 spiro atoms. The summed E-state index contributed by atoms with van der Waals surface area (Å²) in [5, 5.41) is 31.1. The minimum Gasteiger partial charge on any atom is -0.508 e. The molecule has 6 heteroatoms. The van der Waals surface area contributed by atoms with Gasteiger partial charge in [-0.3, -0.25) is 4.79 Å². The van der Waals surface area contributed by atoms with Crippen molar-refractivity contribution in [3.05, 3.63) is 70.8 Å². The third-order valence-electron chi connectivity index (χ3n) is 4.76. The molecule has 0 amide bonds. The highest BCUT2D eigenvalue weighted by molar-refractivity contribution is 7.21. The van der Waals surface area contributed by atoms with Crippen LogP contribution in [0.1, 0.15) is 27.0 Å². The van der Waals surface area contributed by atoms with Crippen molar-refractivity contribution in [3.8, 4) is 27.8 Å². The molecule has 3 aromatic carbocycles. The summed E-state index contributed by atoms with van der Waals surface area (Å²) in [6, 6.07) is 13.8. The molecule has 27 heavy (non-hydrogen) atoms. The molecule has 0 aliphatic heterocycles. The van der Waals surface area contributed by atoms with Crippen LogP contribution in [0.15, 0.2) is 48.5 Å². The van der Waals surface area contributed by atoms with Crippen molar-refractivity contribution in [1.29, 1.82) is 0 Å². The van der Waals surface area contributed by atoms with Crippen molar-refractivity contribution in [2.45, 2.75) is 6.42 Å². The van der Waals surface area contributed by atoms with Gasteiger partial charge in [-0.05, 0) is 47.9 Å². The SMILES string of the molecule is O=C1c2c(O)cc(O)cc2Cc2cc(-c3nc4ccccc4s3)cc(O)c21. The molecule has 0 atom stereocenters. The average molecular weight is 375 g/mol.